The largest absolute Gasteiger partial charge is 0.454 e. The van der Waals surface area contributed by atoms with Gasteiger partial charge in [0.2, 0.25) is 6.79 Å². The lowest BCUT2D eigenvalue weighted by Crippen LogP contribution is -2.12. The van der Waals surface area contributed by atoms with Crippen molar-refractivity contribution in [3.63, 3.8) is 0 Å². The number of rotatable bonds is 2. The number of carbonyl (C=O) groups excluding carboxylic acids is 1. The fourth-order valence-electron chi connectivity index (χ4n) is 1.84. The summed E-state index contributed by atoms with van der Waals surface area (Å²) in [5.41, 5.74) is 0.776. The Labute approximate surface area is 122 Å². The minimum Gasteiger partial charge on any atom is -0.454 e. The van der Waals surface area contributed by atoms with Crippen molar-refractivity contribution >= 4 is 27.5 Å². The molecule has 0 unspecified atom stereocenters. The third-order valence-corrected chi connectivity index (χ3v) is 3.49. The van der Waals surface area contributed by atoms with Gasteiger partial charge in [0, 0.05) is 16.2 Å². The Bertz CT molecular complexity index is 690. The number of hydrogen-bond acceptors (Lipinski definition) is 3. The van der Waals surface area contributed by atoms with Gasteiger partial charge in [-0.15, -0.1) is 0 Å². The van der Waals surface area contributed by atoms with Crippen LogP contribution >= 0.6 is 15.9 Å². The Hall–Kier alpha value is -2.08. The van der Waals surface area contributed by atoms with E-state index in [2.05, 4.69) is 21.2 Å². The van der Waals surface area contributed by atoms with Crippen LogP contribution in [0.1, 0.15) is 10.4 Å². The molecule has 1 aliphatic rings. The molecule has 0 radical (unpaired) electrons. The number of ether oxygens (including phenoxy) is 2. The average molecular weight is 338 g/mol. The Morgan fingerprint density at radius 2 is 1.95 bits per heavy atom. The number of halogens is 2. The predicted molar refractivity (Wildman–Crippen MR) is 74.6 cm³/mol. The molecule has 1 amide bonds. The van der Waals surface area contributed by atoms with Gasteiger partial charge < -0.3 is 14.8 Å². The summed E-state index contributed by atoms with van der Waals surface area (Å²) in [6, 6.07) is 9.00. The smallest absolute Gasteiger partial charge is 0.256 e. The molecule has 0 saturated carbocycles. The number of nitrogens with one attached hydrogen (secondary N) is 1. The third-order valence-electron chi connectivity index (χ3n) is 2.80. The van der Waals surface area contributed by atoms with Crippen LogP contribution in [-0.2, 0) is 0 Å². The van der Waals surface area contributed by atoms with Gasteiger partial charge in [-0.25, -0.2) is 4.39 Å². The predicted octanol–water partition coefficient (Wildman–Crippen LogP) is 3.57. The van der Waals surface area contributed by atoms with Gasteiger partial charge in [-0.2, -0.15) is 0 Å². The Kier molecular flexibility index (Phi) is 3.31. The average Bonchev–Trinajstić information content (AvgIpc) is 2.89. The van der Waals surface area contributed by atoms with E-state index in [0.29, 0.717) is 21.7 Å². The highest BCUT2D eigenvalue weighted by Crippen LogP contribution is 2.34. The van der Waals surface area contributed by atoms with Gasteiger partial charge in [-0.05, 0) is 46.3 Å². The molecule has 1 aliphatic heterocycles. The van der Waals surface area contributed by atoms with Crippen molar-refractivity contribution in [2.75, 3.05) is 12.1 Å². The second-order valence-electron chi connectivity index (χ2n) is 4.15. The monoisotopic (exact) mass is 337 g/mol. The minimum absolute atomic E-state index is 0.169. The van der Waals surface area contributed by atoms with E-state index in [0.717, 1.165) is 0 Å². The van der Waals surface area contributed by atoms with Crippen LogP contribution in [0.2, 0.25) is 0 Å². The van der Waals surface area contributed by atoms with Crippen LogP contribution in [0.5, 0.6) is 11.5 Å². The summed E-state index contributed by atoms with van der Waals surface area (Å²) in [4.78, 5) is 12.1. The number of hydrogen-bond donors (Lipinski definition) is 1. The van der Waals surface area contributed by atoms with Crippen LogP contribution in [0.4, 0.5) is 10.1 Å². The standard InChI is InChI=1S/C14H9BrFNO3/c15-11-3-1-8(16)5-10(11)14(18)17-9-2-4-12-13(6-9)20-7-19-12/h1-6H,7H2,(H,17,18). The first kappa shape index (κ1) is 12.9. The van der Waals surface area contributed by atoms with E-state index in [-0.39, 0.29) is 12.4 Å². The first-order chi connectivity index (χ1) is 9.63. The van der Waals surface area contributed by atoms with Crippen LogP contribution in [0.3, 0.4) is 0 Å². The van der Waals surface area contributed by atoms with Crippen molar-refractivity contribution in [1.29, 1.82) is 0 Å². The lowest BCUT2D eigenvalue weighted by atomic mass is 10.2. The van der Waals surface area contributed by atoms with Gasteiger partial charge in [0.15, 0.2) is 11.5 Å². The Balaban J connectivity index is 1.84. The molecule has 0 saturated heterocycles. The number of amides is 1. The van der Waals surface area contributed by atoms with Crippen LogP contribution < -0.4 is 14.8 Å². The van der Waals surface area contributed by atoms with Gasteiger partial charge in [0.25, 0.3) is 5.91 Å². The van der Waals surface area contributed by atoms with Crippen LogP contribution in [0, 0.1) is 5.82 Å². The number of fused-ring (bicyclic) bond motifs is 1. The summed E-state index contributed by atoms with van der Waals surface area (Å²) < 4.78 is 24.1. The van der Waals surface area contributed by atoms with Crippen molar-refractivity contribution in [3.05, 3.63) is 52.3 Å². The Morgan fingerprint density at radius 1 is 1.15 bits per heavy atom. The molecular formula is C14H9BrFNO3. The number of benzene rings is 2. The van der Waals surface area contributed by atoms with Gasteiger partial charge in [-0.3, -0.25) is 4.79 Å². The van der Waals surface area contributed by atoms with Gasteiger partial charge >= 0.3 is 0 Å². The quantitative estimate of drug-likeness (QED) is 0.911. The summed E-state index contributed by atoms with van der Waals surface area (Å²) in [7, 11) is 0. The number of carbonyl (C=O) groups is 1. The minimum atomic E-state index is -0.468. The highest BCUT2D eigenvalue weighted by atomic mass is 79.9. The number of anilines is 1. The van der Waals surface area contributed by atoms with E-state index in [1.807, 2.05) is 0 Å². The zero-order valence-corrected chi connectivity index (χ0v) is 11.7. The second-order valence-corrected chi connectivity index (χ2v) is 5.00. The molecule has 2 aromatic rings. The molecular weight excluding hydrogens is 329 g/mol. The zero-order valence-electron chi connectivity index (χ0n) is 10.2. The van der Waals surface area contributed by atoms with Crippen molar-refractivity contribution in [3.8, 4) is 11.5 Å². The van der Waals surface area contributed by atoms with Crippen molar-refractivity contribution in [2.45, 2.75) is 0 Å². The lowest BCUT2D eigenvalue weighted by Gasteiger charge is -2.07. The molecule has 20 heavy (non-hydrogen) atoms. The molecule has 3 rings (SSSR count). The Morgan fingerprint density at radius 3 is 2.80 bits per heavy atom. The molecule has 6 heteroatoms. The molecule has 0 spiro atoms. The van der Waals surface area contributed by atoms with Gasteiger partial charge in [0.05, 0.1) is 5.56 Å². The van der Waals surface area contributed by atoms with Crippen molar-refractivity contribution in [2.24, 2.45) is 0 Å². The SMILES string of the molecule is O=C(Nc1ccc2c(c1)OCO2)c1cc(F)ccc1Br. The van der Waals surface area contributed by atoms with Crippen molar-refractivity contribution in [1.82, 2.24) is 0 Å². The van der Waals surface area contributed by atoms with Crippen LogP contribution in [0.25, 0.3) is 0 Å². The molecule has 1 heterocycles. The van der Waals surface area contributed by atoms with Crippen LogP contribution in [-0.4, -0.2) is 12.7 Å². The van der Waals surface area contributed by atoms with Crippen LogP contribution in [0.15, 0.2) is 40.9 Å². The molecule has 4 nitrogen and oxygen atoms in total. The summed E-state index contributed by atoms with van der Waals surface area (Å²) in [5.74, 6) is 0.329. The maximum Gasteiger partial charge on any atom is 0.256 e. The highest BCUT2D eigenvalue weighted by Gasteiger charge is 2.16. The highest BCUT2D eigenvalue weighted by molar-refractivity contribution is 9.10. The third kappa shape index (κ3) is 2.46. The van der Waals surface area contributed by atoms with E-state index in [1.165, 1.54) is 18.2 Å². The normalized spacial score (nSPS) is 12.3. The van der Waals surface area contributed by atoms with Gasteiger partial charge in [-0.1, -0.05) is 0 Å². The maximum absolute atomic E-state index is 13.2. The van der Waals surface area contributed by atoms with E-state index < -0.39 is 11.7 Å². The molecule has 0 atom stereocenters. The van der Waals surface area contributed by atoms with E-state index in [1.54, 1.807) is 18.2 Å². The van der Waals surface area contributed by atoms with Crippen molar-refractivity contribution < 1.29 is 18.7 Å². The maximum atomic E-state index is 13.2. The molecule has 1 N–H and O–H groups in total. The summed E-state index contributed by atoms with van der Waals surface area (Å²) in [5, 5.41) is 2.68. The molecule has 0 bridgehead atoms. The molecule has 102 valence electrons. The molecule has 0 aliphatic carbocycles. The summed E-state index contributed by atoms with van der Waals surface area (Å²) in [6.07, 6.45) is 0. The first-order valence-corrected chi connectivity index (χ1v) is 6.59. The van der Waals surface area contributed by atoms with E-state index in [9.17, 15) is 9.18 Å². The van der Waals surface area contributed by atoms with E-state index in [4.69, 9.17) is 9.47 Å². The molecule has 2 aromatic carbocycles. The fourth-order valence-corrected chi connectivity index (χ4v) is 2.27. The lowest BCUT2D eigenvalue weighted by molar-refractivity contribution is 0.102. The summed E-state index contributed by atoms with van der Waals surface area (Å²) >= 11 is 3.22. The summed E-state index contributed by atoms with van der Waals surface area (Å²) in [6.45, 7) is 0.169. The van der Waals surface area contributed by atoms with Gasteiger partial charge in [0.1, 0.15) is 5.82 Å². The first-order valence-electron chi connectivity index (χ1n) is 5.79. The van der Waals surface area contributed by atoms with E-state index >= 15 is 0 Å². The topological polar surface area (TPSA) is 47.6 Å². The molecule has 0 fully saturated rings. The zero-order chi connectivity index (χ0) is 14.1. The second kappa shape index (κ2) is 5.13. The fraction of sp³-hybridized carbons (Fsp3) is 0.0714. The molecule has 0 aromatic heterocycles.